The van der Waals surface area contributed by atoms with Gasteiger partial charge < -0.3 is 10.6 Å². The van der Waals surface area contributed by atoms with Crippen LogP contribution >= 0.6 is 0 Å². The summed E-state index contributed by atoms with van der Waals surface area (Å²) in [6, 6.07) is 7.16. The summed E-state index contributed by atoms with van der Waals surface area (Å²) in [5.74, 6) is -0.602. The van der Waals surface area contributed by atoms with Gasteiger partial charge in [0, 0.05) is 32.0 Å². The molecule has 1 heterocycles. The van der Waals surface area contributed by atoms with Gasteiger partial charge in [0.25, 0.3) is 5.91 Å². The maximum atomic E-state index is 11.8. The van der Waals surface area contributed by atoms with Gasteiger partial charge in [-0.1, -0.05) is 12.1 Å². The van der Waals surface area contributed by atoms with E-state index in [4.69, 9.17) is 0 Å². The average molecular weight is 288 g/mol. The quantitative estimate of drug-likeness (QED) is 0.753. The number of hydrogen-bond acceptors (Lipinski definition) is 4. The van der Waals surface area contributed by atoms with Gasteiger partial charge in [0.1, 0.15) is 5.71 Å². The molecule has 0 saturated heterocycles. The third-order valence-corrected chi connectivity index (χ3v) is 2.89. The van der Waals surface area contributed by atoms with Crippen molar-refractivity contribution in [3.8, 4) is 0 Å². The van der Waals surface area contributed by atoms with E-state index in [1.807, 2.05) is 12.1 Å². The zero-order chi connectivity index (χ0) is 15.2. The second-order valence-corrected chi connectivity index (χ2v) is 4.65. The number of hydrogen-bond donors (Lipinski definition) is 3. The average Bonchev–Trinajstić information content (AvgIpc) is 2.46. The summed E-state index contributed by atoms with van der Waals surface area (Å²) in [4.78, 5) is 33.7. The maximum Gasteiger partial charge on any atom is 0.267 e. The molecule has 1 aliphatic heterocycles. The standard InChI is InChI=1S/C14H16N4O3/c1-9(19)16-11-4-2-10(3-5-11)8-15-14(21)12-6-7-13(20)18-17-12/h2-5H,6-8H2,1H3,(H,15,21)(H,16,19)(H,18,20). The largest absolute Gasteiger partial charge is 0.347 e. The van der Waals surface area contributed by atoms with Crippen molar-refractivity contribution in [2.75, 3.05) is 5.32 Å². The van der Waals surface area contributed by atoms with Gasteiger partial charge in [0.15, 0.2) is 0 Å². The van der Waals surface area contributed by atoms with Crippen LogP contribution in [0.4, 0.5) is 5.69 Å². The molecule has 21 heavy (non-hydrogen) atoms. The van der Waals surface area contributed by atoms with Gasteiger partial charge in [-0.25, -0.2) is 5.43 Å². The number of anilines is 1. The van der Waals surface area contributed by atoms with E-state index in [-0.39, 0.29) is 24.1 Å². The molecular formula is C14H16N4O3. The molecule has 0 spiro atoms. The highest BCUT2D eigenvalue weighted by Gasteiger charge is 2.17. The van der Waals surface area contributed by atoms with Crippen LogP contribution < -0.4 is 16.1 Å². The van der Waals surface area contributed by atoms with Crippen molar-refractivity contribution in [3.63, 3.8) is 0 Å². The van der Waals surface area contributed by atoms with Crippen molar-refractivity contribution < 1.29 is 14.4 Å². The van der Waals surface area contributed by atoms with E-state index in [1.165, 1.54) is 6.92 Å². The Morgan fingerprint density at radius 1 is 1.24 bits per heavy atom. The Labute approximate surface area is 121 Å². The SMILES string of the molecule is CC(=O)Nc1ccc(CNC(=O)C2=NNC(=O)CC2)cc1. The highest BCUT2D eigenvalue weighted by Crippen LogP contribution is 2.09. The van der Waals surface area contributed by atoms with E-state index in [0.29, 0.717) is 24.4 Å². The van der Waals surface area contributed by atoms with Crippen LogP contribution in [0, 0.1) is 0 Å². The van der Waals surface area contributed by atoms with Gasteiger partial charge in [-0.05, 0) is 17.7 Å². The molecule has 0 radical (unpaired) electrons. The summed E-state index contributed by atoms with van der Waals surface area (Å²) in [5, 5.41) is 9.13. The number of carbonyl (C=O) groups excluding carboxylic acids is 3. The van der Waals surface area contributed by atoms with Gasteiger partial charge in [-0.3, -0.25) is 14.4 Å². The first-order valence-electron chi connectivity index (χ1n) is 6.55. The monoisotopic (exact) mass is 288 g/mol. The lowest BCUT2D eigenvalue weighted by Gasteiger charge is -2.12. The zero-order valence-electron chi connectivity index (χ0n) is 11.6. The van der Waals surface area contributed by atoms with E-state index in [9.17, 15) is 14.4 Å². The number of hydrazone groups is 1. The second-order valence-electron chi connectivity index (χ2n) is 4.65. The molecule has 110 valence electrons. The predicted molar refractivity (Wildman–Crippen MR) is 77.4 cm³/mol. The molecule has 7 heteroatoms. The molecular weight excluding hydrogens is 272 g/mol. The lowest BCUT2D eigenvalue weighted by Crippen LogP contribution is -2.36. The Morgan fingerprint density at radius 2 is 1.95 bits per heavy atom. The summed E-state index contributed by atoms with van der Waals surface area (Å²) in [6.07, 6.45) is 0.622. The van der Waals surface area contributed by atoms with Crippen molar-refractivity contribution in [2.45, 2.75) is 26.3 Å². The fraction of sp³-hybridized carbons (Fsp3) is 0.286. The highest BCUT2D eigenvalue weighted by atomic mass is 16.2. The van der Waals surface area contributed by atoms with Crippen LogP contribution in [0.15, 0.2) is 29.4 Å². The zero-order valence-corrected chi connectivity index (χ0v) is 11.6. The maximum absolute atomic E-state index is 11.8. The first-order valence-corrected chi connectivity index (χ1v) is 6.55. The van der Waals surface area contributed by atoms with Crippen LogP contribution in [0.3, 0.4) is 0 Å². The molecule has 1 aromatic rings. The second kappa shape index (κ2) is 6.65. The van der Waals surface area contributed by atoms with Crippen molar-refractivity contribution >= 4 is 29.1 Å². The lowest BCUT2D eigenvalue weighted by molar-refractivity contribution is -0.121. The number of carbonyl (C=O) groups is 3. The topological polar surface area (TPSA) is 99.7 Å². The van der Waals surface area contributed by atoms with Crippen LogP contribution in [0.2, 0.25) is 0 Å². The number of rotatable bonds is 4. The minimum Gasteiger partial charge on any atom is -0.347 e. The highest BCUT2D eigenvalue weighted by molar-refractivity contribution is 6.39. The number of nitrogens with zero attached hydrogens (tertiary/aromatic N) is 1. The van der Waals surface area contributed by atoms with Crippen molar-refractivity contribution in [2.24, 2.45) is 5.10 Å². The molecule has 0 atom stereocenters. The molecule has 0 unspecified atom stereocenters. The predicted octanol–water partition coefficient (Wildman–Crippen LogP) is 0.527. The molecule has 0 saturated carbocycles. The molecule has 1 aromatic carbocycles. The van der Waals surface area contributed by atoms with Crippen LogP contribution in [-0.4, -0.2) is 23.4 Å². The smallest absolute Gasteiger partial charge is 0.267 e. The number of benzene rings is 1. The molecule has 0 fully saturated rings. The molecule has 2 rings (SSSR count). The van der Waals surface area contributed by atoms with Crippen molar-refractivity contribution in [3.05, 3.63) is 29.8 Å². The van der Waals surface area contributed by atoms with Crippen molar-refractivity contribution in [1.29, 1.82) is 0 Å². The van der Waals surface area contributed by atoms with Crippen molar-refractivity contribution in [1.82, 2.24) is 10.7 Å². The summed E-state index contributed by atoms with van der Waals surface area (Å²) in [6.45, 7) is 1.80. The third kappa shape index (κ3) is 4.41. The summed E-state index contributed by atoms with van der Waals surface area (Å²) in [5.41, 5.74) is 4.21. The van der Waals surface area contributed by atoms with Crippen LogP contribution in [0.25, 0.3) is 0 Å². The van der Waals surface area contributed by atoms with Gasteiger partial charge in [0.2, 0.25) is 11.8 Å². The molecule has 3 N–H and O–H groups in total. The number of amides is 3. The molecule has 0 aliphatic carbocycles. The Morgan fingerprint density at radius 3 is 2.52 bits per heavy atom. The van der Waals surface area contributed by atoms with Gasteiger partial charge in [-0.2, -0.15) is 5.10 Å². The van der Waals surface area contributed by atoms with E-state index >= 15 is 0 Å². The van der Waals surface area contributed by atoms with Crippen LogP contribution in [-0.2, 0) is 20.9 Å². The normalized spacial score (nSPS) is 14.0. The summed E-state index contributed by atoms with van der Waals surface area (Å²) >= 11 is 0. The van der Waals surface area contributed by atoms with E-state index in [1.54, 1.807) is 12.1 Å². The Kier molecular flexibility index (Phi) is 4.65. The summed E-state index contributed by atoms with van der Waals surface area (Å²) < 4.78 is 0. The molecule has 3 amide bonds. The summed E-state index contributed by atoms with van der Waals surface area (Å²) in [7, 11) is 0. The minimum atomic E-state index is -0.291. The Balaban J connectivity index is 1.86. The Hall–Kier alpha value is -2.70. The Bertz CT molecular complexity index is 593. The first-order chi connectivity index (χ1) is 10.0. The van der Waals surface area contributed by atoms with Gasteiger partial charge in [0.05, 0.1) is 0 Å². The molecule has 7 nitrogen and oxygen atoms in total. The van der Waals surface area contributed by atoms with Crippen LogP contribution in [0.5, 0.6) is 0 Å². The third-order valence-electron chi connectivity index (χ3n) is 2.89. The minimum absolute atomic E-state index is 0.131. The van der Waals surface area contributed by atoms with Gasteiger partial charge >= 0.3 is 0 Å². The van der Waals surface area contributed by atoms with Crippen LogP contribution in [0.1, 0.15) is 25.3 Å². The van der Waals surface area contributed by atoms with E-state index in [0.717, 1.165) is 5.56 Å². The van der Waals surface area contributed by atoms with Gasteiger partial charge in [-0.15, -0.1) is 0 Å². The molecule has 0 aromatic heterocycles. The van der Waals surface area contributed by atoms with E-state index in [2.05, 4.69) is 21.2 Å². The fourth-order valence-electron chi connectivity index (χ4n) is 1.83. The van der Waals surface area contributed by atoms with E-state index < -0.39 is 0 Å². The number of nitrogens with one attached hydrogen (secondary N) is 3. The molecule has 1 aliphatic rings. The fourth-order valence-corrected chi connectivity index (χ4v) is 1.83. The molecule has 0 bridgehead atoms. The first kappa shape index (κ1) is 14.7. The lowest BCUT2D eigenvalue weighted by atomic mass is 10.1.